The summed E-state index contributed by atoms with van der Waals surface area (Å²) in [5.74, 6) is -1.24. The SMILES string of the molecule is CCOC(=O)COc1c(Cl)cc(/C=C2\N=C(c3cccc(F)c3)OC2=O)cc1OCC. The first kappa shape index (κ1) is 22.3. The summed E-state index contributed by atoms with van der Waals surface area (Å²) in [6.07, 6.45) is 1.46. The van der Waals surface area contributed by atoms with Crippen LogP contribution in [0.25, 0.3) is 6.08 Å². The fraction of sp³-hybridized carbons (Fsp3) is 0.227. The minimum Gasteiger partial charge on any atom is -0.490 e. The van der Waals surface area contributed by atoms with Crippen LogP contribution in [0.1, 0.15) is 25.0 Å². The molecular weight excluding hydrogens is 429 g/mol. The molecule has 1 aliphatic rings. The Morgan fingerprint density at radius 3 is 2.71 bits per heavy atom. The molecule has 2 aromatic rings. The Kier molecular flexibility index (Phi) is 7.25. The Balaban J connectivity index is 1.89. The number of rotatable bonds is 8. The lowest BCUT2D eigenvalue weighted by molar-refractivity contribution is -0.145. The maximum absolute atomic E-state index is 13.4. The molecule has 0 bridgehead atoms. The van der Waals surface area contributed by atoms with Gasteiger partial charge < -0.3 is 18.9 Å². The zero-order chi connectivity index (χ0) is 22.4. The quantitative estimate of drug-likeness (QED) is 0.446. The van der Waals surface area contributed by atoms with Crippen LogP contribution in [0.3, 0.4) is 0 Å². The molecule has 7 nitrogen and oxygen atoms in total. The number of hydrogen-bond donors (Lipinski definition) is 0. The average molecular weight is 448 g/mol. The number of benzene rings is 2. The lowest BCUT2D eigenvalue weighted by Gasteiger charge is -2.14. The fourth-order valence-corrected chi connectivity index (χ4v) is 2.99. The second-order valence-corrected chi connectivity index (χ2v) is 6.61. The molecule has 3 rings (SSSR count). The predicted molar refractivity (Wildman–Crippen MR) is 112 cm³/mol. The van der Waals surface area contributed by atoms with Crippen LogP contribution in [-0.2, 0) is 19.1 Å². The van der Waals surface area contributed by atoms with E-state index in [1.807, 2.05) is 0 Å². The van der Waals surface area contributed by atoms with Gasteiger partial charge >= 0.3 is 11.9 Å². The highest BCUT2D eigenvalue weighted by molar-refractivity contribution is 6.32. The molecule has 1 heterocycles. The summed E-state index contributed by atoms with van der Waals surface area (Å²) in [4.78, 5) is 27.9. The lowest BCUT2D eigenvalue weighted by Crippen LogP contribution is -2.15. The molecule has 0 radical (unpaired) electrons. The van der Waals surface area contributed by atoms with E-state index in [2.05, 4.69) is 4.99 Å². The molecule has 0 N–H and O–H groups in total. The number of halogens is 2. The van der Waals surface area contributed by atoms with Gasteiger partial charge in [-0.15, -0.1) is 0 Å². The Labute approximate surface area is 183 Å². The van der Waals surface area contributed by atoms with Gasteiger partial charge in [0.2, 0.25) is 5.90 Å². The zero-order valence-electron chi connectivity index (χ0n) is 16.8. The molecule has 0 unspecified atom stereocenters. The summed E-state index contributed by atoms with van der Waals surface area (Å²) in [5.41, 5.74) is 0.846. The van der Waals surface area contributed by atoms with E-state index in [4.69, 9.17) is 30.5 Å². The zero-order valence-corrected chi connectivity index (χ0v) is 17.6. The Morgan fingerprint density at radius 1 is 1.19 bits per heavy atom. The smallest absolute Gasteiger partial charge is 0.363 e. The maximum Gasteiger partial charge on any atom is 0.363 e. The van der Waals surface area contributed by atoms with Gasteiger partial charge in [-0.2, -0.15) is 0 Å². The number of hydrogen-bond acceptors (Lipinski definition) is 7. The summed E-state index contributed by atoms with van der Waals surface area (Å²) in [5, 5.41) is 0.169. The third-order valence-corrected chi connectivity index (χ3v) is 4.25. The number of carbonyl (C=O) groups is 2. The van der Waals surface area contributed by atoms with E-state index in [0.717, 1.165) is 0 Å². The van der Waals surface area contributed by atoms with Gasteiger partial charge in [-0.3, -0.25) is 0 Å². The minimum absolute atomic E-state index is 0.00117. The first-order chi connectivity index (χ1) is 14.9. The molecule has 0 fully saturated rings. The lowest BCUT2D eigenvalue weighted by atomic mass is 10.1. The number of ether oxygens (including phenoxy) is 4. The van der Waals surface area contributed by atoms with E-state index >= 15 is 0 Å². The van der Waals surface area contributed by atoms with Gasteiger partial charge in [-0.25, -0.2) is 19.0 Å². The molecule has 1 aliphatic heterocycles. The molecule has 0 aliphatic carbocycles. The normalized spacial score (nSPS) is 14.3. The van der Waals surface area contributed by atoms with Gasteiger partial charge in [0.15, 0.2) is 23.8 Å². The van der Waals surface area contributed by atoms with E-state index < -0.39 is 17.8 Å². The van der Waals surface area contributed by atoms with Crippen LogP contribution < -0.4 is 9.47 Å². The van der Waals surface area contributed by atoms with Crippen LogP contribution in [-0.4, -0.2) is 37.7 Å². The number of esters is 2. The van der Waals surface area contributed by atoms with Gasteiger partial charge in [0.1, 0.15) is 5.82 Å². The summed E-state index contributed by atoms with van der Waals surface area (Å²) in [6, 6.07) is 8.69. The number of nitrogens with zero attached hydrogens (tertiary/aromatic N) is 1. The van der Waals surface area contributed by atoms with Gasteiger partial charge in [0.05, 0.1) is 18.2 Å². The van der Waals surface area contributed by atoms with E-state index in [1.165, 1.54) is 30.3 Å². The number of aliphatic imine (C=N–C) groups is 1. The van der Waals surface area contributed by atoms with E-state index in [0.29, 0.717) is 17.7 Å². The van der Waals surface area contributed by atoms with Crippen molar-refractivity contribution in [2.45, 2.75) is 13.8 Å². The monoisotopic (exact) mass is 447 g/mol. The van der Waals surface area contributed by atoms with Gasteiger partial charge in [0.25, 0.3) is 0 Å². The van der Waals surface area contributed by atoms with Crippen LogP contribution in [0.5, 0.6) is 11.5 Å². The van der Waals surface area contributed by atoms with Crippen molar-refractivity contribution in [2.24, 2.45) is 4.99 Å². The van der Waals surface area contributed by atoms with Crippen molar-refractivity contribution in [3.63, 3.8) is 0 Å². The highest BCUT2D eigenvalue weighted by Gasteiger charge is 2.25. The average Bonchev–Trinajstić information content (AvgIpc) is 3.08. The van der Waals surface area contributed by atoms with Gasteiger partial charge in [0, 0.05) is 5.56 Å². The van der Waals surface area contributed by atoms with Gasteiger partial charge in [-0.05, 0) is 55.8 Å². The van der Waals surface area contributed by atoms with Crippen LogP contribution in [0.2, 0.25) is 5.02 Å². The molecule has 9 heteroatoms. The Bertz CT molecular complexity index is 1070. The summed E-state index contributed by atoms with van der Waals surface area (Å²) < 4.78 is 34.4. The molecule has 0 saturated carbocycles. The molecule has 0 atom stereocenters. The van der Waals surface area contributed by atoms with E-state index in [-0.39, 0.29) is 41.3 Å². The third kappa shape index (κ3) is 5.61. The standard InChI is InChI=1S/C22H19ClFNO6/c1-3-28-18-10-13(8-16(23)20(18)30-12-19(26)29-4-2)9-17-22(27)31-21(25-17)14-6-5-7-15(24)11-14/h5-11H,3-4,12H2,1-2H3/b17-9-. The molecule has 162 valence electrons. The first-order valence-electron chi connectivity index (χ1n) is 9.44. The van der Waals surface area contributed by atoms with E-state index in [1.54, 1.807) is 26.0 Å². The second-order valence-electron chi connectivity index (χ2n) is 6.20. The van der Waals surface area contributed by atoms with Crippen molar-refractivity contribution in [1.82, 2.24) is 0 Å². The molecular formula is C22H19ClFNO6. The third-order valence-electron chi connectivity index (χ3n) is 3.97. The van der Waals surface area contributed by atoms with Crippen molar-refractivity contribution in [3.05, 3.63) is 64.1 Å². The minimum atomic E-state index is -0.684. The largest absolute Gasteiger partial charge is 0.490 e. The highest BCUT2D eigenvalue weighted by atomic mass is 35.5. The molecule has 0 spiro atoms. The molecule has 0 saturated heterocycles. The maximum atomic E-state index is 13.4. The highest BCUT2D eigenvalue weighted by Crippen LogP contribution is 2.37. The Morgan fingerprint density at radius 2 is 2.00 bits per heavy atom. The van der Waals surface area contributed by atoms with Crippen LogP contribution in [0.4, 0.5) is 4.39 Å². The topological polar surface area (TPSA) is 83.4 Å². The number of cyclic esters (lactones) is 1. The Hall–Kier alpha value is -3.39. The molecule has 0 aromatic heterocycles. The second kappa shape index (κ2) is 10.1. The van der Waals surface area contributed by atoms with Crippen LogP contribution in [0.15, 0.2) is 47.1 Å². The molecule has 0 amide bonds. The fourth-order valence-electron chi connectivity index (χ4n) is 2.72. The molecule has 2 aromatic carbocycles. The number of carbonyl (C=O) groups excluding carboxylic acids is 2. The van der Waals surface area contributed by atoms with Crippen molar-refractivity contribution >= 4 is 35.5 Å². The first-order valence-corrected chi connectivity index (χ1v) is 9.82. The summed E-state index contributed by atoms with van der Waals surface area (Å²) in [6.45, 7) is 3.68. The van der Waals surface area contributed by atoms with Gasteiger partial charge in [-0.1, -0.05) is 17.7 Å². The predicted octanol–water partition coefficient (Wildman–Crippen LogP) is 4.16. The van der Waals surface area contributed by atoms with Crippen molar-refractivity contribution < 1.29 is 32.9 Å². The van der Waals surface area contributed by atoms with E-state index in [9.17, 15) is 14.0 Å². The summed E-state index contributed by atoms with van der Waals surface area (Å²) in [7, 11) is 0. The van der Waals surface area contributed by atoms with Crippen LogP contribution >= 0.6 is 11.6 Å². The summed E-state index contributed by atoms with van der Waals surface area (Å²) >= 11 is 6.31. The van der Waals surface area contributed by atoms with Crippen LogP contribution in [0, 0.1) is 5.82 Å². The van der Waals surface area contributed by atoms with Crippen molar-refractivity contribution in [1.29, 1.82) is 0 Å². The van der Waals surface area contributed by atoms with Crippen molar-refractivity contribution in [2.75, 3.05) is 19.8 Å². The van der Waals surface area contributed by atoms with Crippen molar-refractivity contribution in [3.8, 4) is 11.5 Å². The molecule has 31 heavy (non-hydrogen) atoms.